The number of furan rings is 1. The Morgan fingerprint density at radius 2 is 2.18 bits per heavy atom. The Kier molecular flexibility index (Phi) is 3.59. The van der Waals surface area contributed by atoms with E-state index in [0.29, 0.717) is 5.56 Å². The predicted molar refractivity (Wildman–Crippen MR) is 66.2 cm³/mol. The van der Waals surface area contributed by atoms with Crippen molar-refractivity contribution in [2.24, 2.45) is 0 Å². The Morgan fingerprint density at radius 1 is 1.41 bits per heavy atom. The third kappa shape index (κ3) is 2.56. The first-order valence-electron chi connectivity index (χ1n) is 5.83. The number of ether oxygens (including phenoxy) is 1. The van der Waals surface area contributed by atoms with E-state index in [-0.39, 0.29) is 18.5 Å². The molecule has 1 heterocycles. The molecule has 1 aromatic carbocycles. The van der Waals surface area contributed by atoms with Crippen molar-refractivity contribution in [2.75, 3.05) is 6.61 Å². The van der Waals surface area contributed by atoms with E-state index in [4.69, 9.17) is 9.15 Å². The summed E-state index contributed by atoms with van der Waals surface area (Å²) >= 11 is 0. The zero-order valence-electron chi connectivity index (χ0n) is 10.1. The lowest BCUT2D eigenvalue weighted by molar-refractivity contribution is 0.0512. The maximum atomic E-state index is 12.0. The van der Waals surface area contributed by atoms with Gasteiger partial charge in [-0.1, -0.05) is 25.1 Å². The number of hydrogen-bond acceptors (Lipinski definition) is 3. The molecule has 90 valence electrons. The van der Waals surface area contributed by atoms with Gasteiger partial charge in [0.1, 0.15) is 18.5 Å². The standard InChI is InChI=1S/C14H16O3/c1-3-10(2)16-9-13(15)12-8-17-14-7-5-4-6-11(12)14/h4-8,10H,3,9H2,1-2H3. The quantitative estimate of drug-likeness (QED) is 0.741. The summed E-state index contributed by atoms with van der Waals surface area (Å²) in [5.41, 5.74) is 1.34. The van der Waals surface area contributed by atoms with Crippen LogP contribution in [0, 0.1) is 0 Å². The maximum absolute atomic E-state index is 12.0. The molecule has 0 aliphatic carbocycles. The minimum Gasteiger partial charge on any atom is -0.464 e. The number of rotatable bonds is 5. The number of benzene rings is 1. The summed E-state index contributed by atoms with van der Waals surface area (Å²) in [7, 11) is 0. The number of fused-ring (bicyclic) bond motifs is 1. The Labute approximate surface area is 100 Å². The lowest BCUT2D eigenvalue weighted by Crippen LogP contribution is -2.14. The second kappa shape index (κ2) is 5.15. The van der Waals surface area contributed by atoms with Gasteiger partial charge in [0, 0.05) is 5.39 Å². The molecule has 3 nitrogen and oxygen atoms in total. The molecule has 2 rings (SSSR count). The molecule has 0 N–H and O–H groups in total. The van der Waals surface area contributed by atoms with Gasteiger partial charge in [0.25, 0.3) is 0 Å². The fourth-order valence-electron chi connectivity index (χ4n) is 1.61. The molecule has 1 unspecified atom stereocenters. The van der Waals surface area contributed by atoms with Gasteiger partial charge >= 0.3 is 0 Å². The van der Waals surface area contributed by atoms with Crippen molar-refractivity contribution in [2.45, 2.75) is 26.4 Å². The highest BCUT2D eigenvalue weighted by atomic mass is 16.5. The number of para-hydroxylation sites is 1. The monoisotopic (exact) mass is 232 g/mol. The van der Waals surface area contributed by atoms with Crippen LogP contribution in [0.2, 0.25) is 0 Å². The lowest BCUT2D eigenvalue weighted by Gasteiger charge is -2.08. The minimum absolute atomic E-state index is 0.0322. The summed E-state index contributed by atoms with van der Waals surface area (Å²) in [6.07, 6.45) is 2.52. The van der Waals surface area contributed by atoms with Crippen molar-refractivity contribution in [1.29, 1.82) is 0 Å². The topological polar surface area (TPSA) is 39.4 Å². The molecular formula is C14H16O3. The van der Waals surface area contributed by atoms with Gasteiger partial charge in [-0.3, -0.25) is 4.79 Å². The van der Waals surface area contributed by atoms with E-state index in [0.717, 1.165) is 17.4 Å². The highest BCUT2D eigenvalue weighted by molar-refractivity contribution is 6.07. The number of ketones is 1. The Bertz CT molecular complexity index is 513. The molecule has 0 amide bonds. The minimum atomic E-state index is -0.0322. The highest BCUT2D eigenvalue weighted by Crippen LogP contribution is 2.21. The van der Waals surface area contributed by atoms with Crippen LogP contribution in [-0.4, -0.2) is 18.5 Å². The largest absolute Gasteiger partial charge is 0.464 e. The molecule has 0 bridgehead atoms. The molecule has 0 aliphatic heterocycles. The molecule has 17 heavy (non-hydrogen) atoms. The average molecular weight is 232 g/mol. The average Bonchev–Trinajstić information content (AvgIpc) is 2.79. The second-order valence-corrected chi connectivity index (χ2v) is 4.10. The van der Waals surface area contributed by atoms with Crippen LogP contribution < -0.4 is 0 Å². The van der Waals surface area contributed by atoms with E-state index in [1.54, 1.807) is 0 Å². The highest BCUT2D eigenvalue weighted by Gasteiger charge is 2.14. The molecule has 0 spiro atoms. The SMILES string of the molecule is CCC(C)OCC(=O)c1coc2ccccc12. The zero-order valence-corrected chi connectivity index (χ0v) is 10.1. The molecular weight excluding hydrogens is 216 g/mol. The van der Waals surface area contributed by atoms with Crippen LogP contribution in [0.3, 0.4) is 0 Å². The van der Waals surface area contributed by atoms with Crippen molar-refractivity contribution in [1.82, 2.24) is 0 Å². The van der Waals surface area contributed by atoms with Crippen molar-refractivity contribution in [3.8, 4) is 0 Å². The third-order valence-electron chi connectivity index (χ3n) is 2.86. The van der Waals surface area contributed by atoms with Crippen LogP contribution in [0.4, 0.5) is 0 Å². The summed E-state index contributed by atoms with van der Waals surface area (Å²) in [6, 6.07) is 7.51. The van der Waals surface area contributed by atoms with Crippen LogP contribution >= 0.6 is 0 Å². The normalized spacial score (nSPS) is 12.8. The van der Waals surface area contributed by atoms with E-state index >= 15 is 0 Å². The van der Waals surface area contributed by atoms with Crippen LogP contribution in [-0.2, 0) is 4.74 Å². The first kappa shape index (κ1) is 11.9. The van der Waals surface area contributed by atoms with Crippen molar-refractivity contribution in [3.63, 3.8) is 0 Å². The van der Waals surface area contributed by atoms with Crippen molar-refractivity contribution < 1.29 is 13.9 Å². The van der Waals surface area contributed by atoms with E-state index in [9.17, 15) is 4.79 Å². The van der Waals surface area contributed by atoms with Crippen LogP contribution in [0.15, 0.2) is 34.9 Å². The third-order valence-corrected chi connectivity index (χ3v) is 2.86. The Balaban J connectivity index is 2.14. The van der Waals surface area contributed by atoms with E-state index < -0.39 is 0 Å². The second-order valence-electron chi connectivity index (χ2n) is 4.10. The fraction of sp³-hybridized carbons (Fsp3) is 0.357. The summed E-state index contributed by atoms with van der Waals surface area (Å²) in [6.45, 7) is 4.10. The molecule has 1 atom stereocenters. The first-order chi connectivity index (χ1) is 8.22. The number of carbonyl (C=O) groups is 1. The molecule has 3 heteroatoms. The molecule has 1 aromatic heterocycles. The van der Waals surface area contributed by atoms with Gasteiger partial charge in [0.05, 0.1) is 11.7 Å². The smallest absolute Gasteiger partial charge is 0.192 e. The maximum Gasteiger partial charge on any atom is 0.192 e. The molecule has 0 radical (unpaired) electrons. The van der Waals surface area contributed by atoms with Gasteiger partial charge in [-0.2, -0.15) is 0 Å². The van der Waals surface area contributed by atoms with Gasteiger partial charge < -0.3 is 9.15 Å². The van der Waals surface area contributed by atoms with Gasteiger partial charge in [-0.25, -0.2) is 0 Å². The Hall–Kier alpha value is -1.61. The summed E-state index contributed by atoms with van der Waals surface area (Å²) in [4.78, 5) is 12.0. The summed E-state index contributed by atoms with van der Waals surface area (Å²) < 4.78 is 10.8. The lowest BCUT2D eigenvalue weighted by atomic mass is 10.1. The van der Waals surface area contributed by atoms with Crippen molar-refractivity contribution in [3.05, 3.63) is 36.1 Å². The van der Waals surface area contributed by atoms with Gasteiger partial charge in [0.2, 0.25) is 0 Å². The fourth-order valence-corrected chi connectivity index (χ4v) is 1.61. The van der Waals surface area contributed by atoms with Gasteiger partial charge in [-0.05, 0) is 19.4 Å². The molecule has 0 fully saturated rings. The summed E-state index contributed by atoms with van der Waals surface area (Å²) in [5.74, 6) is -0.0322. The predicted octanol–water partition coefficient (Wildman–Crippen LogP) is 3.43. The van der Waals surface area contributed by atoms with E-state index in [1.807, 2.05) is 38.1 Å². The molecule has 0 saturated carbocycles. The molecule has 0 saturated heterocycles. The van der Waals surface area contributed by atoms with E-state index in [2.05, 4.69) is 0 Å². The number of Topliss-reactive ketones (excluding diaryl/α,β-unsaturated/α-hetero) is 1. The van der Waals surface area contributed by atoms with Crippen LogP contribution in [0.5, 0.6) is 0 Å². The van der Waals surface area contributed by atoms with Crippen molar-refractivity contribution >= 4 is 16.8 Å². The van der Waals surface area contributed by atoms with Crippen LogP contribution in [0.1, 0.15) is 30.6 Å². The van der Waals surface area contributed by atoms with Crippen LogP contribution in [0.25, 0.3) is 11.0 Å². The first-order valence-corrected chi connectivity index (χ1v) is 5.83. The van der Waals surface area contributed by atoms with Gasteiger partial charge in [0.15, 0.2) is 5.78 Å². The molecule has 0 aliphatic rings. The molecule has 2 aromatic rings. The summed E-state index contributed by atoms with van der Waals surface area (Å²) in [5, 5.41) is 0.852. The zero-order chi connectivity index (χ0) is 12.3. The number of carbonyl (C=O) groups excluding carboxylic acids is 1. The van der Waals surface area contributed by atoms with Gasteiger partial charge in [-0.15, -0.1) is 0 Å². The Morgan fingerprint density at radius 3 is 2.94 bits per heavy atom. The van der Waals surface area contributed by atoms with E-state index in [1.165, 1.54) is 6.26 Å². The number of hydrogen-bond donors (Lipinski definition) is 0.